The maximum absolute atomic E-state index is 5.88. The molecule has 2 aromatic heterocycles. The Balaban J connectivity index is 2.20. The van der Waals surface area contributed by atoms with E-state index in [-0.39, 0.29) is 0 Å². The minimum absolute atomic E-state index is 0.428. The van der Waals surface area contributed by atoms with Crippen molar-refractivity contribution in [1.82, 2.24) is 5.16 Å². The fourth-order valence-corrected chi connectivity index (χ4v) is 2.41. The van der Waals surface area contributed by atoms with Crippen LogP contribution in [0.2, 0.25) is 0 Å². The van der Waals surface area contributed by atoms with Crippen molar-refractivity contribution in [1.29, 1.82) is 0 Å². The van der Waals surface area contributed by atoms with E-state index in [9.17, 15) is 0 Å². The van der Waals surface area contributed by atoms with Crippen molar-refractivity contribution in [3.05, 3.63) is 47.2 Å². The second kappa shape index (κ2) is 4.07. The van der Waals surface area contributed by atoms with Crippen LogP contribution in [0.25, 0.3) is 22.5 Å². The minimum Gasteiger partial charge on any atom is -0.380 e. The van der Waals surface area contributed by atoms with Crippen LogP contribution in [0.4, 0.5) is 5.82 Å². The molecule has 0 aliphatic rings. The predicted molar refractivity (Wildman–Crippen MR) is 69.7 cm³/mol. The van der Waals surface area contributed by atoms with Gasteiger partial charge in [0.05, 0.1) is 5.56 Å². The Labute approximate surface area is 102 Å². The van der Waals surface area contributed by atoms with E-state index in [0.29, 0.717) is 5.82 Å². The summed E-state index contributed by atoms with van der Waals surface area (Å²) in [5.74, 6) is 1.16. The van der Waals surface area contributed by atoms with Crippen LogP contribution in [0, 0.1) is 0 Å². The first-order valence-corrected chi connectivity index (χ1v) is 6.13. The summed E-state index contributed by atoms with van der Waals surface area (Å²) in [6, 6.07) is 11.9. The second-order valence-electron chi connectivity index (χ2n) is 3.65. The van der Waals surface area contributed by atoms with Gasteiger partial charge in [-0.2, -0.15) is 11.3 Å². The highest BCUT2D eigenvalue weighted by atomic mass is 32.1. The van der Waals surface area contributed by atoms with E-state index < -0.39 is 0 Å². The molecule has 17 heavy (non-hydrogen) atoms. The molecule has 2 heterocycles. The molecule has 0 amide bonds. The smallest absolute Gasteiger partial charge is 0.177 e. The average molecular weight is 242 g/mol. The van der Waals surface area contributed by atoms with E-state index >= 15 is 0 Å². The molecular weight excluding hydrogens is 232 g/mol. The Kier molecular flexibility index (Phi) is 2.42. The Bertz CT molecular complexity index is 614. The lowest BCUT2D eigenvalue weighted by atomic mass is 10.0. The third kappa shape index (κ3) is 1.72. The molecule has 0 bridgehead atoms. The molecule has 3 aromatic rings. The van der Waals surface area contributed by atoms with Crippen molar-refractivity contribution in [2.45, 2.75) is 0 Å². The second-order valence-corrected chi connectivity index (χ2v) is 4.43. The Morgan fingerprint density at radius 1 is 1.06 bits per heavy atom. The number of aromatic nitrogens is 1. The van der Waals surface area contributed by atoms with E-state index in [2.05, 4.69) is 5.16 Å². The van der Waals surface area contributed by atoms with Gasteiger partial charge < -0.3 is 10.3 Å². The number of hydrogen-bond acceptors (Lipinski definition) is 4. The maximum Gasteiger partial charge on any atom is 0.177 e. The van der Waals surface area contributed by atoms with E-state index in [1.807, 2.05) is 47.2 Å². The fraction of sp³-hybridized carbons (Fsp3) is 0. The number of benzene rings is 1. The van der Waals surface area contributed by atoms with Crippen LogP contribution in [0.5, 0.6) is 0 Å². The summed E-state index contributed by atoms with van der Waals surface area (Å²) in [4.78, 5) is 0. The molecule has 0 radical (unpaired) electrons. The zero-order valence-corrected chi connectivity index (χ0v) is 9.78. The first kappa shape index (κ1) is 10.1. The zero-order chi connectivity index (χ0) is 11.7. The van der Waals surface area contributed by atoms with Gasteiger partial charge in [0.2, 0.25) is 0 Å². The van der Waals surface area contributed by atoms with Gasteiger partial charge >= 0.3 is 0 Å². The summed E-state index contributed by atoms with van der Waals surface area (Å²) < 4.78 is 5.33. The van der Waals surface area contributed by atoms with Gasteiger partial charge in [-0.05, 0) is 17.0 Å². The largest absolute Gasteiger partial charge is 0.380 e. The van der Waals surface area contributed by atoms with Crippen LogP contribution in [0.1, 0.15) is 0 Å². The van der Waals surface area contributed by atoms with Gasteiger partial charge in [0.25, 0.3) is 0 Å². The standard InChI is InChI=1S/C13H10N2OS/c14-13-11(9-4-2-1-3-5-9)12(16-15-13)10-6-7-17-8-10/h1-8H,(H2,14,15). The molecule has 0 spiro atoms. The summed E-state index contributed by atoms with van der Waals surface area (Å²) in [5.41, 5.74) is 8.78. The van der Waals surface area contributed by atoms with Crippen molar-refractivity contribution < 1.29 is 4.52 Å². The van der Waals surface area contributed by atoms with Crippen LogP contribution in [-0.2, 0) is 0 Å². The highest BCUT2D eigenvalue weighted by Crippen LogP contribution is 2.36. The molecule has 0 aliphatic carbocycles. The topological polar surface area (TPSA) is 52.0 Å². The van der Waals surface area contributed by atoms with Crippen LogP contribution >= 0.6 is 11.3 Å². The van der Waals surface area contributed by atoms with Crippen molar-refractivity contribution in [2.75, 3.05) is 5.73 Å². The van der Waals surface area contributed by atoms with Crippen molar-refractivity contribution in [3.63, 3.8) is 0 Å². The highest BCUT2D eigenvalue weighted by Gasteiger charge is 2.17. The van der Waals surface area contributed by atoms with E-state index in [1.54, 1.807) is 11.3 Å². The molecule has 2 N–H and O–H groups in total. The molecule has 0 atom stereocenters. The summed E-state index contributed by atoms with van der Waals surface area (Å²) in [7, 11) is 0. The Morgan fingerprint density at radius 2 is 1.88 bits per heavy atom. The van der Waals surface area contributed by atoms with Gasteiger partial charge in [-0.25, -0.2) is 0 Å². The van der Waals surface area contributed by atoms with Gasteiger partial charge in [0.15, 0.2) is 11.6 Å². The third-order valence-electron chi connectivity index (χ3n) is 2.56. The number of nitrogens with two attached hydrogens (primary N) is 1. The molecule has 3 nitrogen and oxygen atoms in total. The van der Waals surface area contributed by atoms with Gasteiger partial charge in [-0.1, -0.05) is 35.5 Å². The number of thiophene rings is 1. The number of hydrogen-bond donors (Lipinski definition) is 1. The van der Waals surface area contributed by atoms with Crippen molar-refractivity contribution in [2.24, 2.45) is 0 Å². The van der Waals surface area contributed by atoms with Gasteiger partial charge in [-0.15, -0.1) is 0 Å². The molecule has 1 aromatic carbocycles. The van der Waals surface area contributed by atoms with Gasteiger partial charge in [0, 0.05) is 10.9 Å². The zero-order valence-electron chi connectivity index (χ0n) is 8.96. The van der Waals surface area contributed by atoms with Crippen LogP contribution in [0.3, 0.4) is 0 Å². The van der Waals surface area contributed by atoms with Gasteiger partial charge in [-0.3, -0.25) is 0 Å². The normalized spacial score (nSPS) is 10.6. The third-order valence-corrected chi connectivity index (χ3v) is 3.25. The number of nitrogens with zero attached hydrogens (tertiary/aromatic N) is 1. The molecule has 84 valence electrons. The minimum atomic E-state index is 0.428. The Morgan fingerprint density at radius 3 is 2.59 bits per heavy atom. The average Bonchev–Trinajstić information content (AvgIpc) is 2.98. The number of nitrogen functional groups attached to an aromatic ring is 1. The molecule has 4 heteroatoms. The molecule has 0 saturated carbocycles. The summed E-state index contributed by atoms with van der Waals surface area (Å²) in [6.07, 6.45) is 0. The van der Waals surface area contributed by atoms with E-state index in [4.69, 9.17) is 10.3 Å². The molecule has 3 rings (SSSR count). The van der Waals surface area contributed by atoms with Crippen LogP contribution in [0.15, 0.2) is 51.7 Å². The predicted octanol–water partition coefficient (Wildman–Crippen LogP) is 3.65. The lowest BCUT2D eigenvalue weighted by Gasteiger charge is -2.00. The highest BCUT2D eigenvalue weighted by molar-refractivity contribution is 7.08. The summed E-state index contributed by atoms with van der Waals surface area (Å²) in [5, 5.41) is 7.88. The van der Waals surface area contributed by atoms with Gasteiger partial charge in [0.1, 0.15) is 0 Å². The SMILES string of the molecule is Nc1noc(-c2ccsc2)c1-c1ccccc1. The molecule has 0 aliphatic heterocycles. The van der Waals surface area contributed by atoms with E-state index in [0.717, 1.165) is 22.5 Å². The molecular formula is C13H10N2OS. The Hall–Kier alpha value is -2.07. The number of rotatable bonds is 2. The maximum atomic E-state index is 5.88. The molecule has 0 unspecified atom stereocenters. The molecule has 0 saturated heterocycles. The fourth-order valence-electron chi connectivity index (χ4n) is 1.78. The first-order chi connectivity index (χ1) is 8.36. The lowest BCUT2D eigenvalue weighted by Crippen LogP contribution is -1.88. The van der Waals surface area contributed by atoms with E-state index in [1.165, 1.54) is 0 Å². The first-order valence-electron chi connectivity index (χ1n) is 5.19. The monoisotopic (exact) mass is 242 g/mol. The van der Waals surface area contributed by atoms with Crippen LogP contribution < -0.4 is 5.73 Å². The molecule has 0 fully saturated rings. The van der Waals surface area contributed by atoms with Crippen molar-refractivity contribution in [3.8, 4) is 22.5 Å². The van der Waals surface area contributed by atoms with Crippen molar-refractivity contribution >= 4 is 17.2 Å². The lowest BCUT2D eigenvalue weighted by molar-refractivity contribution is 0.436. The quantitative estimate of drug-likeness (QED) is 0.746. The summed E-state index contributed by atoms with van der Waals surface area (Å²) in [6.45, 7) is 0. The van der Waals surface area contributed by atoms with Crippen LogP contribution in [-0.4, -0.2) is 5.16 Å². The summed E-state index contributed by atoms with van der Waals surface area (Å²) >= 11 is 1.62. The number of anilines is 1.